The molecule has 1 aromatic carbocycles. The lowest BCUT2D eigenvalue weighted by Crippen LogP contribution is -2.19. The molecule has 0 aliphatic carbocycles. The number of ether oxygens (including phenoxy) is 1. The molecular formula is C19H18FN3O. The highest BCUT2D eigenvalue weighted by Crippen LogP contribution is 2.29. The zero-order valence-corrected chi connectivity index (χ0v) is 13.2. The topological polar surface area (TPSA) is 39.9 Å². The maximum atomic E-state index is 13.1. The molecule has 0 saturated carbocycles. The molecule has 2 aromatic heterocycles. The van der Waals surface area contributed by atoms with E-state index in [1.807, 2.05) is 22.9 Å². The molecule has 0 bridgehead atoms. The van der Waals surface area contributed by atoms with Gasteiger partial charge in [0.2, 0.25) is 0 Å². The highest BCUT2D eigenvalue weighted by Gasteiger charge is 2.19. The van der Waals surface area contributed by atoms with Crippen LogP contribution < -0.4 is 0 Å². The van der Waals surface area contributed by atoms with E-state index in [-0.39, 0.29) is 12.0 Å². The Kier molecular flexibility index (Phi) is 4.09. The van der Waals surface area contributed by atoms with Gasteiger partial charge in [-0.1, -0.05) is 0 Å². The van der Waals surface area contributed by atoms with E-state index in [9.17, 15) is 4.39 Å². The first kappa shape index (κ1) is 15.0. The average molecular weight is 323 g/mol. The van der Waals surface area contributed by atoms with Crippen LogP contribution in [0.1, 0.15) is 25.5 Å². The fourth-order valence-electron chi connectivity index (χ4n) is 3.06. The molecular weight excluding hydrogens is 305 g/mol. The molecule has 3 aromatic rings. The zero-order chi connectivity index (χ0) is 16.4. The lowest BCUT2D eigenvalue weighted by molar-refractivity contribution is -0.0383. The van der Waals surface area contributed by atoms with Gasteiger partial charge in [0.15, 0.2) is 6.23 Å². The van der Waals surface area contributed by atoms with E-state index in [1.54, 1.807) is 24.5 Å². The highest BCUT2D eigenvalue weighted by atomic mass is 19.1. The SMILES string of the molecule is Fc1ccc(-c2cc(-c3ccnn3C3CCCCO3)ccn2)cc1. The fourth-order valence-corrected chi connectivity index (χ4v) is 3.06. The summed E-state index contributed by atoms with van der Waals surface area (Å²) < 4.78 is 20.9. The van der Waals surface area contributed by atoms with Crippen LogP contribution in [0, 0.1) is 5.82 Å². The number of rotatable bonds is 3. The molecule has 5 heteroatoms. The van der Waals surface area contributed by atoms with Gasteiger partial charge < -0.3 is 4.74 Å². The Morgan fingerprint density at radius 3 is 2.67 bits per heavy atom. The summed E-state index contributed by atoms with van der Waals surface area (Å²) in [5.41, 5.74) is 3.73. The molecule has 0 N–H and O–H groups in total. The molecule has 4 rings (SSSR count). The Labute approximate surface area is 139 Å². The van der Waals surface area contributed by atoms with E-state index < -0.39 is 0 Å². The van der Waals surface area contributed by atoms with Gasteiger partial charge in [-0.25, -0.2) is 9.07 Å². The van der Waals surface area contributed by atoms with Crippen LogP contribution in [0.2, 0.25) is 0 Å². The summed E-state index contributed by atoms with van der Waals surface area (Å²) in [6.07, 6.45) is 6.80. The van der Waals surface area contributed by atoms with Gasteiger partial charge in [0, 0.05) is 30.1 Å². The number of pyridine rings is 1. The summed E-state index contributed by atoms with van der Waals surface area (Å²) in [4.78, 5) is 4.41. The van der Waals surface area contributed by atoms with Gasteiger partial charge in [-0.15, -0.1) is 0 Å². The first-order chi connectivity index (χ1) is 11.8. The van der Waals surface area contributed by atoms with E-state index in [4.69, 9.17) is 4.74 Å². The molecule has 1 aliphatic heterocycles. The van der Waals surface area contributed by atoms with Crippen LogP contribution in [0.5, 0.6) is 0 Å². The van der Waals surface area contributed by atoms with Crippen molar-refractivity contribution in [1.82, 2.24) is 14.8 Å². The summed E-state index contributed by atoms with van der Waals surface area (Å²) >= 11 is 0. The maximum Gasteiger partial charge on any atom is 0.150 e. The van der Waals surface area contributed by atoms with Crippen molar-refractivity contribution in [3.8, 4) is 22.5 Å². The van der Waals surface area contributed by atoms with E-state index in [1.165, 1.54) is 12.1 Å². The number of benzene rings is 1. The lowest BCUT2D eigenvalue weighted by Gasteiger charge is -2.24. The maximum absolute atomic E-state index is 13.1. The van der Waals surface area contributed by atoms with Gasteiger partial charge in [0.25, 0.3) is 0 Å². The molecule has 1 aliphatic rings. The van der Waals surface area contributed by atoms with E-state index >= 15 is 0 Å². The number of hydrogen-bond donors (Lipinski definition) is 0. The number of hydrogen-bond acceptors (Lipinski definition) is 3. The largest absolute Gasteiger partial charge is 0.356 e. The number of halogens is 1. The molecule has 3 heterocycles. The van der Waals surface area contributed by atoms with Gasteiger partial charge in [-0.2, -0.15) is 5.10 Å². The molecule has 24 heavy (non-hydrogen) atoms. The number of aromatic nitrogens is 3. The van der Waals surface area contributed by atoms with Crippen molar-refractivity contribution in [3.05, 3.63) is 60.7 Å². The summed E-state index contributed by atoms with van der Waals surface area (Å²) in [6.45, 7) is 0.779. The predicted molar refractivity (Wildman–Crippen MR) is 89.7 cm³/mol. The van der Waals surface area contributed by atoms with Crippen molar-refractivity contribution < 1.29 is 9.13 Å². The molecule has 0 radical (unpaired) electrons. The van der Waals surface area contributed by atoms with Crippen LogP contribution >= 0.6 is 0 Å². The molecule has 0 spiro atoms. The number of nitrogens with zero attached hydrogens (tertiary/aromatic N) is 3. The van der Waals surface area contributed by atoms with Crippen molar-refractivity contribution in [2.75, 3.05) is 6.61 Å². The van der Waals surface area contributed by atoms with Crippen LogP contribution in [0.25, 0.3) is 22.5 Å². The highest BCUT2D eigenvalue weighted by molar-refractivity contribution is 5.68. The molecule has 1 fully saturated rings. The van der Waals surface area contributed by atoms with E-state index in [2.05, 4.69) is 10.1 Å². The van der Waals surface area contributed by atoms with E-state index in [0.717, 1.165) is 48.4 Å². The smallest absolute Gasteiger partial charge is 0.150 e. The Hall–Kier alpha value is -2.53. The first-order valence-electron chi connectivity index (χ1n) is 8.19. The quantitative estimate of drug-likeness (QED) is 0.715. The van der Waals surface area contributed by atoms with Crippen molar-refractivity contribution in [2.45, 2.75) is 25.5 Å². The second kappa shape index (κ2) is 6.53. The molecule has 1 atom stereocenters. The van der Waals surface area contributed by atoms with Gasteiger partial charge in [-0.3, -0.25) is 4.98 Å². The average Bonchev–Trinajstić information content (AvgIpc) is 3.13. The van der Waals surface area contributed by atoms with Crippen LogP contribution in [0.15, 0.2) is 54.9 Å². The van der Waals surface area contributed by atoms with Gasteiger partial charge in [0.1, 0.15) is 5.82 Å². The van der Waals surface area contributed by atoms with Gasteiger partial charge in [-0.05, 0) is 61.7 Å². The summed E-state index contributed by atoms with van der Waals surface area (Å²) in [5, 5.41) is 4.45. The molecule has 1 saturated heterocycles. The molecule has 0 amide bonds. The fraction of sp³-hybridized carbons (Fsp3) is 0.263. The Bertz CT molecular complexity index is 823. The monoisotopic (exact) mass is 323 g/mol. The molecule has 4 nitrogen and oxygen atoms in total. The molecule has 122 valence electrons. The minimum absolute atomic E-state index is 0.00816. The summed E-state index contributed by atoms with van der Waals surface area (Å²) in [5.74, 6) is -0.248. The molecule has 1 unspecified atom stereocenters. The summed E-state index contributed by atoms with van der Waals surface area (Å²) in [7, 11) is 0. The van der Waals surface area contributed by atoms with Crippen LogP contribution in [0.3, 0.4) is 0 Å². The second-order valence-electron chi connectivity index (χ2n) is 5.92. The van der Waals surface area contributed by atoms with Gasteiger partial charge in [0.05, 0.1) is 11.4 Å². The van der Waals surface area contributed by atoms with Crippen molar-refractivity contribution in [3.63, 3.8) is 0 Å². The normalized spacial score (nSPS) is 17.8. The van der Waals surface area contributed by atoms with Gasteiger partial charge >= 0.3 is 0 Å². The summed E-state index contributed by atoms with van der Waals surface area (Å²) in [6, 6.07) is 12.3. The Morgan fingerprint density at radius 1 is 1.00 bits per heavy atom. The third kappa shape index (κ3) is 2.95. The minimum atomic E-state index is -0.248. The standard InChI is InChI=1S/C19H18FN3O/c20-16-6-4-14(5-7-16)17-13-15(8-10-21-17)18-9-11-22-23(18)19-3-1-2-12-24-19/h4-11,13,19H,1-3,12H2. The van der Waals surface area contributed by atoms with Crippen LogP contribution in [-0.2, 0) is 4.74 Å². The Balaban J connectivity index is 1.69. The van der Waals surface area contributed by atoms with Crippen LogP contribution in [-0.4, -0.2) is 21.4 Å². The van der Waals surface area contributed by atoms with Crippen molar-refractivity contribution >= 4 is 0 Å². The van der Waals surface area contributed by atoms with Crippen molar-refractivity contribution in [2.24, 2.45) is 0 Å². The zero-order valence-electron chi connectivity index (χ0n) is 13.2. The third-order valence-electron chi connectivity index (χ3n) is 4.29. The van der Waals surface area contributed by atoms with Crippen LogP contribution in [0.4, 0.5) is 4.39 Å². The predicted octanol–water partition coefficient (Wildman–Crippen LogP) is 4.45. The first-order valence-corrected chi connectivity index (χ1v) is 8.19. The third-order valence-corrected chi connectivity index (χ3v) is 4.29. The Morgan fingerprint density at radius 2 is 1.88 bits per heavy atom. The minimum Gasteiger partial charge on any atom is -0.356 e. The second-order valence-corrected chi connectivity index (χ2v) is 5.92. The lowest BCUT2D eigenvalue weighted by atomic mass is 10.1. The van der Waals surface area contributed by atoms with Crippen molar-refractivity contribution in [1.29, 1.82) is 0 Å². The van der Waals surface area contributed by atoms with E-state index in [0.29, 0.717) is 0 Å².